The standard InChI is InChI=1S/C21H28N2O4S2/c1-15(18-7-5-6-8-19(18)27-4)13-21(24)22-9-11-23(12-10-22)29(25,26)20-14-16(2)28-17(20)3/h5-8,14-15H,9-13H2,1-4H3. The Morgan fingerprint density at radius 3 is 2.41 bits per heavy atom. The largest absolute Gasteiger partial charge is 0.496 e. The highest BCUT2D eigenvalue weighted by Crippen LogP contribution is 2.30. The summed E-state index contributed by atoms with van der Waals surface area (Å²) < 4.78 is 32.8. The number of rotatable bonds is 6. The number of para-hydroxylation sites is 1. The van der Waals surface area contributed by atoms with Gasteiger partial charge in [0.05, 0.1) is 12.0 Å². The lowest BCUT2D eigenvalue weighted by Crippen LogP contribution is -2.50. The molecule has 3 rings (SSSR count). The van der Waals surface area contributed by atoms with Crippen LogP contribution in [0.15, 0.2) is 35.2 Å². The summed E-state index contributed by atoms with van der Waals surface area (Å²) in [5.74, 6) is 0.852. The van der Waals surface area contributed by atoms with Gasteiger partial charge in [-0.1, -0.05) is 25.1 Å². The lowest BCUT2D eigenvalue weighted by molar-refractivity contribution is -0.132. The number of methoxy groups -OCH3 is 1. The molecule has 0 saturated carbocycles. The van der Waals surface area contributed by atoms with Crippen LogP contribution >= 0.6 is 11.3 Å². The molecule has 6 nitrogen and oxygen atoms in total. The Balaban J connectivity index is 1.61. The quantitative estimate of drug-likeness (QED) is 0.696. The molecule has 1 aromatic heterocycles. The van der Waals surface area contributed by atoms with Gasteiger partial charge in [0.25, 0.3) is 0 Å². The number of hydrogen-bond acceptors (Lipinski definition) is 5. The van der Waals surface area contributed by atoms with Crippen molar-refractivity contribution in [1.29, 1.82) is 0 Å². The maximum absolute atomic E-state index is 12.9. The van der Waals surface area contributed by atoms with Crippen molar-refractivity contribution in [2.45, 2.75) is 38.0 Å². The molecule has 2 heterocycles. The lowest BCUT2D eigenvalue weighted by Gasteiger charge is -2.34. The molecule has 0 bridgehead atoms. The van der Waals surface area contributed by atoms with Crippen LogP contribution in [0, 0.1) is 13.8 Å². The highest BCUT2D eigenvalue weighted by molar-refractivity contribution is 7.89. The van der Waals surface area contributed by atoms with Crippen LogP contribution in [0.2, 0.25) is 0 Å². The lowest BCUT2D eigenvalue weighted by atomic mass is 9.96. The molecule has 8 heteroatoms. The first-order valence-electron chi connectivity index (χ1n) is 9.72. The SMILES string of the molecule is COc1ccccc1C(C)CC(=O)N1CCN(S(=O)(=O)c2cc(C)sc2C)CC1. The van der Waals surface area contributed by atoms with Crippen LogP contribution in [0.4, 0.5) is 0 Å². The second-order valence-corrected chi connectivity index (χ2v) is 10.8. The number of benzene rings is 1. The van der Waals surface area contributed by atoms with E-state index < -0.39 is 10.0 Å². The molecule has 1 amide bonds. The van der Waals surface area contributed by atoms with E-state index in [1.54, 1.807) is 18.1 Å². The summed E-state index contributed by atoms with van der Waals surface area (Å²) in [6.45, 7) is 7.24. The minimum absolute atomic E-state index is 0.0249. The van der Waals surface area contributed by atoms with Gasteiger partial charge < -0.3 is 9.64 Å². The van der Waals surface area contributed by atoms with Crippen molar-refractivity contribution in [1.82, 2.24) is 9.21 Å². The van der Waals surface area contributed by atoms with Crippen molar-refractivity contribution in [3.63, 3.8) is 0 Å². The highest BCUT2D eigenvalue weighted by Gasteiger charge is 2.32. The molecule has 0 aliphatic carbocycles. The van der Waals surface area contributed by atoms with Gasteiger partial charge in [-0.25, -0.2) is 8.42 Å². The number of piperazine rings is 1. The smallest absolute Gasteiger partial charge is 0.244 e. The number of amides is 1. The maximum Gasteiger partial charge on any atom is 0.244 e. The first-order chi connectivity index (χ1) is 13.7. The van der Waals surface area contributed by atoms with Crippen LogP contribution in [0.3, 0.4) is 0 Å². The minimum atomic E-state index is -3.51. The molecule has 1 aliphatic heterocycles. The summed E-state index contributed by atoms with van der Waals surface area (Å²) in [4.78, 5) is 16.7. The van der Waals surface area contributed by atoms with E-state index in [2.05, 4.69) is 0 Å². The number of hydrogen-bond donors (Lipinski definition) is 0. The second kappa shape index (κ2) is 8.85. The van der Waals surface area contributed by atoms with Crippen LogP contribution in [0.1, 0.15) is 34.6 Å². The van der Waals surface area contributed by atoms with E-state index in [9.17, 15) is 13.2 Å². The van der Waals surface area contributed by atoms with E-state index in [-0.39, 0.29) is 11.8 Å². The van der Waals surface area contributed by atoms with Crippen molar-refractivity contribution >= 4 is 27.3 Å². The Morgan fingerprint density at radius 2 is 1.83 bits per heavy atom. The van der Waals surface area contributed by atoms with Crippen molar-refractivity contribution in [2.24, 2.45) is 0 Å². The fourth-order valence-electron chi connectivity index (χ4n) is 3.76. The first kappa shape index (κ1) is 21.8. The van der Waals surface area contributed by atoms with Crippen LogP contribution in [-0.4, -0.2) is 56.8 Å². The number of carbonyl (C=O) groups excluding carboxylic acids is 1. The van der Waals surface area contributed by atoms with Gasteiger partial charge in [0.15, 0.2) is 0 Å². The van der Waals surface area contributed by atoms with Gasteiger partial charge in [0.2, 0.25) is 15.9 Å². The molecule has 1 aliphatic rings. The number of nitrogens with zero attached hydrogens (tertiary/aromatic N) is 2. The average molecular weight is 437 g/mol. The van der Waals surface area contributed by atoms with E-state index in [0.29, 0.717) is 37.5 Å². The predicted octanol–water partition coefficient (Wildman–Crippen LogP) is 3.40. The Morgan fingerprint density at radius 1 is 1.17 bits per heavy atom. The van der Waals surface area contributed by atoms with Crippen LogP contribution in [-0.2, 0) is 14.8 Å². The fourth-order valence-corrected chi connectivity index (χ4v) is 6.70. The van der Waals surface area contributed by atoms with Gasteiger partial charge in [-0.15, -0.1) is 11.3 Å². The predicted molar refractivity (Wildman–Crippen MR) is 115 cm³/mol. The topological polar surface area (TPSA) is 66.9 Å². The maximum atomic E-state index is 12.9. The molecule has 1 unspecified atom stereocenters. The third kappa shape index (κ3) is 4.65. The zero-order valence-corrected chi connectivity index (χ0v) is 19.0. The summed E-state index contributed by atoms with van der Waals surface area (Å²) in [7, 11) is -1.88. The Hall–Kier alpha value is -1.90. The van der Waals surface area contributed by atoms with Crippen molar-refractivity contribution < 1.29 is 17.9 Å². The molecule has 1 fully saturated rings. The molecule has 0 radical (unpaired) electrons. The number of thiophene rings is 1. The summed E-state index contributed by atoms with van der Waals surface area (Å²) in [5, 5.41) is 0. The zero-order valence-electron chi connectivity index (χ0n) is 17.3. The van der Waals surface area contributed by atoms with E-state index >= 15 is 0 Å². The van der Waals surface area contributed by atoms with Crippen molar-refractivity contribution in [3.8, 4) is 5.75 Å². The summed E-state index contributed by atoms with van der Waals surface area (Å²) in [5.41, 5.74) is 1.01. The van der Waals surface area contributed by atoms with E-state index in [0.717, 1.165) is 21.1 Å². The summed E-state index contributed by atoms with van der Waals surface area (Å²) >= 11 is 1.49. The average Bonchev–Trinajstić information content (AvgIpc) is 3.06. The summed E-state index contributed by atoms with van der Waals surface area (Å²) in [6.07, 6.45) is 0.371. The fraction of sp³-hybridized carbons (Fsp3) is 0.476. The molecule has 1 saturated heterocycles. The number of ether oxygens (including phenoxy) is 1. The Bertz CT molecular complexity index is 976. The van der Waals surface area contributed by atoms with Crippen molar-refractivity contribution in [2.75, 3.05) is 33.3 Å². The van der Waals surface area contributed by atoms with Gasteiger partial charge in [0, 0.05) is 42.4 Å². The molecular weight excluding hydrogens is 408 g/mol. The Kier molecular flexibility index (Phi) is 6.65. The number of aryl methyl sites for hydroxylation is 2. The number of sulfonamides is 1. The normalized spacial score (nSPS) is 16.6. The molecule has 29 heavy (non-hydrogen) atoms. The third-order valence-electron chi connectivity index (χ3n) is 5.36. The van der Waals surface area contributed by atoms with Crippen LogP contribution in [0.5, 0.6) is 5.75 Å². The minimum Gasteiger partial charge on any atom is -0.496 e. The van der Waals surface area contributed by atoms with E-state index in [4.69, 9.17) is 4.74 Å². The molecule has 2 aromatic rings. The van der Waals surface area contributed by atoms with Gasteiger partial charge in [-0.3, -0.25) is 4.79 Å². The monoisotopic (exact) mass is 436 g/mol. The van der Waals surface area contributed by atoms with Gasteiger partial charge in [-0.2, -0.15) is 4.31 Å². The molecule has 1 atom stereocenters. The first-order valence-corrected chi connectivity index (χ1v) is 12.0. The molecular formula is C21H28N2O4S2. The van der Waals surface area contributed by atoms with Crippen LogP contribution in [0.25, 0.3) is 0 Å². The van der Waals surface area contributed by atoms with Gasteiger partial charge >= 0.3 is 0 Å². The van der Waals surface area contributed by atoms with Crippen molar-refractivity contribution in [3.05, 3.63) is 45.6 Å². The molecule has 1 aromatic carbocycles. The number of carbonyl (C=O) groups is 1. The van der Waals surface area contributed by atoms with Gasteiger partial charge in [0.1, 0.15) is 5.75 Å². The molecule has 0 N–H and O–H groups in total. The second-order valence-electron chi connectivity index (χ2n) is 7.41. The highest BCUT2D eigenvalue weighted by atomic mass is 32.2. The zero-order chi connectivity index (χ0) is 21.2. The Labute approximate surface area is 177 Å². The molecule has 158 valence electrons. The molecule has 0 spiro atoms. The third-order valence-corrected chi connectivity index (χ3v) is 8.48. The van der Waals surface area contributed by atoms with Gasteiger partial charge in [-0.05, 0) is 37.5 Å². The van der Waals surface area contributed by atoms with Crippen LogP contribution < -0.4 is 4.74 Å². The van der Waals surface area contributed by atoms with E-state index in [1.807, 2.05) is 45.0 Å². The summed E-state index contributed by atoms with van der Waals surface area (Å²) in [6, 6.07) is 9.46. The van der Waals surface area contributed by atoms with E-state index in [1.165, 1.54) is 15.6 Å².